The highest BCUT2D eigenvalue weighted by molar-refractivity contribution is 5.75. The normalized spacial score (nSPS) is 16.8. The van der Waals surface area contributed by atoms with Crippen molar-refractivity contribution in [3.8, 4) is 0 Å². The number of carbonyl (C=O) groups is 1. The van der Waals surface area contributed by atoms with Crippen molar-refractivity contribution in [2.24, 2.45) is 0 Å². The van der Waals surface area contributed by atoms with E-state index in [-0.39, 0.29) is 6.04 Å². The third kappa shape index (κ3) is 1.93. The minimum absolute atomic E-state index is 0.167. The standard InChI is InChI=1S/C16H13NO/c18-11-12-5-7-14(8-6-12)16-10-9-13-3-1-2-4-15(13)17-16/h1-11,16-17H. The molecule has 3 rings (SSSR count). The third-order valence-electron chi connectivity index (χ3n) is 3.17. The highest BCUT2D eigenvalue weighted by Gasteiger charge is 2.13. The molecule has 0 aliphatic carbocycles. The molecule has 2 nitrogen and oxygen atoms in total. The second-order valence-electron chi connectivity index (χ2n) is 4.35. The first-order valence-corrected chi connectivity index (χ1v) is 5.96. The number of para-hydroxylation sites is 1. The van der Waals surface area contributed by atoms with Crippen LogP contribution in [0.2, 0.25) is 0 Å². The van der Waals surface area contributed by atoms with Crippen molar-refractivity contribution in [3.05, 3.63) is 71.3 Å². The molecule has 1 aliphatic heterocycles. The molecule has 0 aromatic heterocycles. The summed E-state index contributed by atoms with van der Waals surface area (Å²) in [7, 11) is 0. The van der Waals surface area contributed by atoms with E-state index in [4.69, 9.17) is 0 Å². The zero-order chi connectivity index (χ0) is 12.4. The Morgan fingerprint density at radius 3 is 2.56 bits per heavy atom. The number of carbonyl (C=O) groups excluding carboxylic acids is 1. The van der Waals surface area contributed by atoms with Crippen molar-refractivity contribution < 1.29 is 4.79 Å². The fourth-order valence-corrected chi connectivity index (χ4v) is 2.17. The molecule has 1 N–H and O–H groups in total. The number of hydrogen-bond donors (Lipinski definition) is 1. The summed E-state index contributed by atoms with van der Waals surface area (Å²) in [5, 5.41) is 3.48. The molecule has 2 heteroatoms. The summed E-state index contributed by atoms with van der Waals surface area (Å²) < 4.78 is 0. The molecule has 2 aromatic carbocycles. The van der Waals surface area contributed by atoms with Crippen LogP contribution in [0.4, 0.5) is 5.69 Å². The van der Waals surface area contributed by atoms with Gasteiger partial charge in [-0.3, -0.25) is 4.79 Å². The number of nitrogens with one attached hydrogen (secondary N) is 1. The molecule has 18 heavy (non-hydrogen) atoms. The highest BCUT2D eigenvalue weighted by Crippen LogP contribution is 2.29. The van der Waals surface area contributed by atoms with Crippen molar-refractivity contribution in [1.82, 2.24) is 0 Å². The second-order valence-corrected chi connectivity index (χ2v) is 4.35. The molecular weight excluding hydrogens is 222 g/mol. The van der Waals surface area contributed by atoms with E-state index in [0.717, 1.165) is 17.5 Å². The fraction of sp³-hybridized carbons (Fsp3) is 0.0625. The summed E-state index contributed by atoms with van der Waals surface area (Å²) in [6.45, 7) is 0. The van der Waals surface area contributed by atoms with Gasteiger partial charge < -0.3 is 5.32 Å². The van der Waals surface area contributed by atoms with E-state index in [9.17, 15) is 4.79 Å². The lowest BCUT2D eigenvalue weighted by Gasteiger charge is -2.22. The molecule has 0 bridgehead atoms. The fourth-order valence-electron chi connectivity index (χ4n) is 2.17. The van der Waals surface area contributed by atoms with Crippen LogP contribution in [0.1, 0.15) is 27.5 Å². The van der Waals surface area contributed by atoms with Crippen molar-refractivity contribution in [3.63, 3.8) is 0 Å². The Hall–Kier alpha value is -2.35. The smallest absolute Gasteiger partial charge is 0.150 e. The van der Waals surface area contributed by atoms with Crippen molar-refractivity contribution >= 4 is 18.0 Å². The van der Waals surface area contributed by atoms with Crippen LogP contribution >= 0.6 is 0 Å². The first kappa shape index (κ1) is 10.8. The number of fused-ring (bicyclic) bond motifs is 1. The number of aldehydes is 1. The van der Waals surface area contributed by atoms with E-state index < -0.39 is 0 Å². The van der Waals surface area contributed by atoms with Crippen LogP contribution in [0.25, 0.3) is 6.08 Å². The molecule has 1 atom stereocenters. The average Bonchev–Trinajstić information content (AvgIpc) is 2.47. The number of anilines is 1. The van der Waals surface area contributed by atoms with Gasteiger partial charge in [-0.2, -0.15) is 0 Å². The largest absolute Gasteiger partial charge is 0.374 e. The molecule has 1 heterocycles. The molecule has 2 aromatic rings. The van der Waals surface area contributed by atoms with Crippen LogP contribution in [0, 0.1) is 0 Å². The maximum absolute atomic E-state index is 10.6. The summed E-state index contributed by atoms with van der Waals surface area (Å²) in [4.78, 5) is 10.6. The Morgan fingerprint density at radius 1 is 1.00 bits per heavy atom. The molecular formula is C16H13NO. The topological polar surface area (TPSA) is 29.1 Å². The predicted octanol–water partition coefficient (Wildman–Crippen LogP) is 3.68. The van der Waals surface area contributed by atoms with Gasteiger partial charge in [-0.15, -0.1) is 0 Å². The van der Waals surface area contributed by atoms with E-state index in [1.165, 1.54) is 5.56 Å². The van der Waals surface area contributed by atoms with Gasteiger partial charge in [-0.1, -0.05) is 54.6 Å². The predicted molar refractivity (Wildman–Crippen MR) is 73.7 cm³/mol. The van der Waals surface area contributed by atoms with Gasteiger partial charge in [-0.25, -0.2) is 0 Å². The Balaban J connectivity index is 1.89. The Morgan fingerprint density at radius 2 is 1.78 bits per heavy atom. The SMILES string of the molecule is O=Cc1ccc(C2C=Cc3ccccc3N2)cc1. The Kier molecular flexibility index (Phi) is 2.69. The maximum Gasteiger partial charge on any atom is 0.150 e. The highest BCUT2D eigenvalue weighted by atomic mass is 16.1. The van der Waals surface area contributed by atoms with Crippen molar-refractivity contribution in [2.75, 3.05) is 5.32 Å². The average molecular weight is 235 g/mol. The second kappa shape index (κ2) is 4.49. The molecule has 0 fully saturated rings. The summed E-state index contributed by atoms with van der Waals surface area (Å²) in [5.74, 6) is 0. The Bertz CT molecular complexity index is 599. The van der Waals surface area contributed by atoms with Crippen LogP contribution in [-0.4, -0.2) is 6.29 Å². The minimum Gasteiger partial charge on any atom is -0.374 e. The lowest BCUT2D eigenvalue weighted by molar-refractivity contribution is 0.112. The molecule has 0 spiro atoms. The van der Waals surface area contributed by atoms with E-state index in [1.807, 2.05) is 36.4 Å². The molecule has 1 unspecified atom stereocenters. The monoisotopic (exact) mass is 235 g/mol. The third-order valence-corrected chi connectivity index (χ3v) is 3.17. The lowest BCUT2D eigenvalue weighted by Crippen LogP contribution is -2.11. The van der Waals surface area contributed by atoms with Crippen LogP contribution in [0.15, 0.2) is 54.6 Å². The van der Waals surface area contributed by atoms with Gasteiger partial charge in [0.05, 0.1) is 6.04 Å². The first-order valence-electron chi connectivity index (χ1n) is 5.96. The van der Waals surface area contributed by atoms with Gasteiger partial charge in [-0.05, 0) is 17.2 Å². The van der Waals surface area contributed by atoms with Crippen LogP contribution < -0.4 is 5.32 Å². The zero-order valence-corrected chi connectivity index (χ0v) is 9.84. The molecule has 0 radical (unpaired) electrons. The van der Waals surface area contributed by atoms with Gasteiger partial charge >= 0.3 is 0 Å². The molecule has 0 amide bonds. The van der Waals surface area contributed by atoms with Gasteiger partial charge in [0.1, 0.15) is 6.29 Å². The minimum atomic E-state index is 0.167. The van der Waals surface area contributed by atoms with E-state index in [2.05, 4.69) is 29.6 Å². The van der Waals surface area contributed by atoms with Gasteiger partial charge in [0.15, 0.2) is 0 Å². The molecule has 88 valence electrons. The maximum atomic E-state index is 10.6. The van der Waals surface area contributed by atoms with E-state index in [0.29, 0.717) is 5.56 Å². The van der Waals surface area contributed by atoms with Crippen LogP contribution in [-0.2, 0) is 0 Å². The summed E-state index contributed by atoms with van der Waals surface area (Å²) >= 11 is 0. The van der Waals surface area contributed by atoms with E-state index in [1.54, 1.807) is 0 Å². The lowest BCUT2D eigenvalue weighted by atomic mass is 9.99. The first-order chi connectivity index (χ1) is 8.86. The van der Waals surface area contributed by atoms with E-state index >= 15 is 0 Å². The van der Waals surface area contributed by atoms with Crippen molar-refractivity contribution in [2.45, 2.75) is 6.04 Å². The quantitative estimate of drug-likeness (QED) is 0.804. The summed E-state index contributed by atoms with van der Waals surface area (Å²) in [6.07, 6.45) is 5.13. The molecule has 1 aliphatic rings. The summed E-state index contributed by atoms with van der Waals surface area (Å²) in [6, 6.07) is 16.1. The van der Waals surface area contributed by atoms with Gasteiger partial charge in [0, 0.05) is 11.3 Å². The van der Waals surface area contributed by atoms with Gasteiger partial charge in [0.25, 0.3) is 0 Å². The zero-order valence-electron chi connectivity index (χ0n) is 9.84. The van der Waals surface area contributed by atoms with Crippen LogP contribution in [0.3, 0.4) is 0 Å². The number of rotatable bonds is 2. The Labute approximate surface area is 106 Å². The number of hydrogen-bond acceptors (Lipinski definition) is 2. The molecule has 0 saturated carbocycles. The number of benzene rings is 2. The van der Waals surface area contributed by atoms with Crippen molar-refractivity contribution in [1.29, 1.82) is 0 Å². The molecule has 0 saturated heterocycles. The summed E-state index contributed by atoms with van der Waals surface area (Å²) in [5.41, 5.74) is 4.22. The van der Waals surface area contributed by atoms with Gasteiger partial charge in [0.2, 0.25) is 0 Å². The van der Waals surface area contributed by atoms with Crippen LogP contribution in [0.5, 0.6) is 0 Å².